The third kappa shape index (κ3) is 2.54. The summed E-state index contributed by atoms with van der Waals surface area (Å²) in [6.07, 6.45) is 1.61. The van der Waals surface area contributed by atoms with Crippen molar-refractivity contribution in [2.75, 3.05) is 18.1 Å². The van der Waals surface area contributed by atoms with Crippen LogP contribution in [-0.2, 0) is 11.3 Å². The fourth-order valence-corrected chi connectivity index (χ4v) is 3.61. The SMILES string of the molecule is CC(C)[C@@H]1COC(=O)N1c1cn2c(n1)-c1ccc(I)cc1OCC2. The molecular formula is C17H18IN3O3. The van der Waals surface area contributed by atoms with Crippen LogP contribution in [0.25, 0.3) is 11.4 Å². The number of anilines is 1. The number of aromatic nitrogens is 2. The summed E-state index contributed by atoms with van der Waals surface area (Å²) in [7, 11) is 0. The normalized spacial score (nSPS) is 19.6. The lowest BCUT2D eigenvalue weighted by Gasteiger charge is -2.21. The second kappa shape index (κ2) is 5.94. The molecule has 1 aromatic heterocycles. The van der Waals surface area contributed by atoms with Crippen molar-refractivity contribution < 1.29 is 14.3 Å². The molecule has 0 unspecified atom stereocenters. The van der Waals surface area contributed by atoms with Gasteiger partial charge >= 0.3 is 6.09 Å². The second-order valence-electron chi connectivity index (χ2n) is 6.36. The Morgan fingerprint density at radius 1 is 1.33 bits per heavy atom. The summed E-state index contributed by atoms with van der Waals surface area (Å²) in [5.41, 5.74) is 0.952. The highest BCUT2D eigenvalue weighted by molar-refractivity contribution is 14.1. The van der Waals surface area contributed by atoms with Crippen molar-refractivity contribution in [3.8, 4) is 17.1 Å². The number of hydrogen-bond donors (Lipinski definition) is 0. The van der Waals surface area contributed by atoms with E-state index in [4.69, 9.17) is 14.5 Å². The minimum absolute atomic E-state index is 0.0177. The number of hydrogen-bond acceptors (Lipinski definition) is 4. The Labute approximate surface area is 153 Å². The van der Waals surface area contributed by atoms with Crippen molar-refractivity contribution in [2.24, 2.45) is 5.92 Å². The Hall–Kier alpha value is -1.77. The Balaban J connectivity index is 1.79. The van der Waals surface area contributed by atoms with E-state index in [1.165, 1.54) is 0 Å². The molecule has 4 rings (SSSR count). The summed E-state index contributed by atoms with van der Waals surface area (Å²) in [6.45, 7) is 5.87. The summed E-state index contributed by atoms with van der Waals surface area (Å²) in [4.78, 5) is 18.6. The molecule has 24 heavy (non-hydrogen) atoms. The van der Waals surface area contributed by atoms with Gasteiger partial charge in [0.15, 0.2) is 5.82 Å². The average Bonchev–Trinajstić information content (AvgIpc) is 3.07. The number of rotatable bonds is 2. The molecule has 2 aliphatic rings. The van der Waals surface area contributed by atoms with Gasteiger partial charge < -0.3 is 14.0 Å². The monoisotopic (exact) mass is 439 g/mol. The van der Waals surface area contributed by atoms with E-state index in [1.807, 2.05) is 24.4 Å². The number of ether oxygens (including phenoxy) is 2. The van der Waals surface area contributed by atoms with Gasteiger partial charge in [-0.25, -0.2) is 9.78 Å². The summed E-state index contributed by atoms with van der Waals surface area (Å²) >= 11 is 2.27. The van der Waals surface area contributed by atoms with Crippen LogP contribution in [0.4, 0.5) is 10.6 Å². The molecule has 0 aliphatic carbocycles. The lowest BCUT2D eigenvalue weighted by Crippen LogP contribution is -2.37. The minimum atomic E-state index is -0.318. The van der Waals surface area contributed by atoms with Crippen molar-refractivity contribution >= 4 is 34.5 Å². The lowest BCUT2D eigenvalue weighted by atomic mass is 10.1. The number of cyclic esters (lactones) is 1. The number of benzene rings is 1. The fourth-order valence-electron chi connectivity index (χ4n) is 3.15. The minimum Gasteiger partial charge on any atom is -0.491 e. The van der Waals surface area contributed by atoms with Gasteiger partial charge in [0, 0.05) is 9.77 Å². The number of amides is 1. The maximum absolute atomic E-state index is 12.2. The number of fused-ring (bicyclic) bond motifs is 3. The van der Waals surface area contributed by atoms with E-state index in [2.05, 4.69) is 41.0 Å². The van der Waals surface area contributed by atoms with Crippen LogP contribution in [0.15, 0.2) is 24.4 Å². The molecule has 126 valence electrons. The topological polar surface area (TPSA) is 56.6 Å². The van der Waals surface area contributed by atoms with Gasteiger partial charge in [-0.15, -0.1) is 0 Å². The summed E-state index contributed by atoms with van der Waals surface area (Å²) < 4.78 is 14.3. The van der Waals surface area contributed by atoms with Gasteiger partial charge in [0.1, 0.15) is 24.8 Å². The highest BCUT2D eigenvalue weighted by Crippen LogP contribution is 2.36. The van der Waals surface area contributed by atoms with Crippen molar-refractivity contribution in [3.05, 3.63) is 28.0 Å². The van der Waals surface area contributed by atoms with E-state index in [0.717, 1.165) is 20.7 Å². The highest BCUT2D eigenvalue weighted by atomic mass is 127. The first-order chi connectivity index (χ1) is 11.5. The zero-order chi connectivity index (χ0) is 16.8. The lowest BCUT2D eigenvalue weighted by molar-refractivity contribution is 0.177. The standard InChI is InChI=1S/C17H18IN3O3/c1-10(2)13-9-24-17(22)21(13)15-8-20-5-6-23-14-7-11(18)3-4-12(14)16(20)19-15/h3-4,7-8,10,13H,5-6,9H2,1-2H3/t13-/m0/s1. The first-order valence-corrected chi connectivity index (χ1v) is 9.08. The molecule has 2 aliphatic heterocycles. The van der Waals surface area contributed by atoms with Gasteiger partial charge in [-0.05, 0) is 46.7 Å². The molecule has 1 fully saturated rings. The van der Waals surface area contributed by atoms with Crippen LogP contribution in [0.2, 0.25) is 0 Å². The van der Waals surface area contributed by atoms with Crippen molar-refractivity contribution in [2.45, 2.75) is 26.4 Å². The van der Waals surface area contributed by atoms with Crippen LogP contribution in [0, 0.1) is 9.49 Å². The molecule has 1 amide bonds. The number of carbonyl (C=O) groups is 1. The molecule has 2 aromatic rings. The molecule has 3 heterocycles. The molecule has 1 aromatic carbocycles. The van der Waals surface area contributed by atoms with E-state index in [9.17, 15) is 4.79 Å². The summed E-state index contributed by atoms with van der Waals surface area (Å²) in [5.74, 6) is 2.62. The predicted octanol–water partition coefficient (Wildman–Crippen LogP) is 3.53. The zero-order valence-electron chi connectivity index (χ0n) is 13.5. The largest absolute Gasteiger partial charge is 0.491 e. The van der Waals surface area contributed by atoms with Crippen LogP contribution < -0.4 is 9.64 Å². The predicted molar refractivity (Wildman–Crippen MR) is 98.3 cm³/mol. The van der Waals surface area contributed by atoms with Crippen molar-refractivity contribution in [3.63, 3.8) is 0 Å². The summed E-state index contributed by atoms with van der Waals surface area (Å²) in [5, 5.41) is 0. The molecule has 0 radical (unpaired) electrons. The summed E-state index contributed by atoms with van der Waals surface area (Å²) in [6, 6.07) is 6.09. The van der Waals surface area contributed by atoms with Gasteiger partial charge in [-0.1, -0.05) is 13.8 Å². The Morgan fingerprint density at radius 2 is 2.17 bits per heavy atom. The smallest absolute Gasteiger partial charge is 0.415 e. The van der Waals surface area contributed by atoms with E-state index in [0.29, 0.717) is 31.5 Å². The first kappa shape index (κ1) is 15.7. The Morgan fingerprint density at radius 3 is 2.96 bits per heavy atom. The Kier molecular flexibility index (Phi) is 3.90. The number of imidazole rings is 1. The molecule has 0 bridgehead atoms. The van der Waals surface area contributed by atoms with Gasteiger partial charge in [-0.2, -0.15) is 0 Å². The third-order valence-corrected chi connectivity index (χ3v) is 5.13. The van der Waals surface area contributed by atoms with Crippen molar-refractivity contribution in [1.82, 2.24) is 9.55 Å². The zero-order valence-corrected chi connectivity index (χ0v) is 15.7. The average molecular weight is 439 g/mol. The van der Waals surface area contributed by atoms with Crippen LogP contribution in [0.5, 0.6) is 5.75 Å². The maximum Gasteiger partial charge on any atom is 0.415 e. The van der Waals surface area contributed by atoms with E-state index < -0.39 is 0 Å². The van der Waals surface area contributed by atoms with Crippen molar-refractivity contribution in [1.29, 1.82) is 0 Å². The van der Waals surface area contributed by atoms with Gasteiger partial charge in [0.25, 0.3) is 0 Å². The Bertz CT molecular complexity index is 802. The number of nitrogens with zero attached hydrogens (tertiary/aromatic N) is 3. The maximum atomic E-state index is 12.2. The van der Waals surface area contributed by atoms with Crippen LogP contribution in [0.1, 0.15) is 13.8 Å². The van der Waals surface area contributed by atoms with Crippen LogP contribution >= 0.6 is 22.6 Å². The van der Waals surface area contributed by atoms with Gasteiger partial charge in [-0.3, -0.25) is 4.90 Å². The van der Waals surface area contributed by atoms with Gasteiger partial charge in [0.2, 0.25) is 0 Å². The molecule has 1 saturated heterocycles. The van der Waals surface area contributed by atoms with E-state index >= 15 is 0 Å². The third-order valence-electron chi connectivity index (χ3n) is 4.46. The second-order valence-corrected chi connectivity index (χ2v) is 7.61. The molecule has 0 saturated carbocycles. The highest BCUT2D eigenvalue weighted by Gasteiger charge is 2.38. The molecule has 7 heteroatoms. The first-order valence-electron chi connectivity index (χ1n) is 8.00. The van der Waals surface area contributed by atoms with Crippen LogP contribution in [0.3, 0.4) is 0 Å². The fraction of sp³-hybridized carbons (Fsp3) is 0.412. The molecule has 0 spiro atoms. The van der Waals surface area contributed by atoms with E-state index in [1.54, 1.807) is 4.90 Å². The number of carbonyl (C=O) groups excluding carboxylic acids is 1. The molecule has 1 atom stereocenters. The van der Waals surface area contributed by atoms with Gasteiger partial charge in [0.05, 0.1) is 18.2 Å². The number of halogens is 1. The molecular weight excluding hydrogens is 421 g/mol. The molecule has 0 N–H and O–H groups in total. The van der Waals surface area contributed by atoms with Crippen LogP contribution in [-0.4, -0.2) is 34.9 Å². The molecule has 6 nitrogen and oxygen atoms in total. The quantitative estimate of drug-likeness (QED) is 0.673. The van der Waals surface area contributed by atoms with E-state index in [-0.39, 0.29) is 12.1 Å².